The second-order valence-corrected chi connectivity index (χ2v) is 3.47. The first kappa shape index (κ1) is 12.0. The zero-order valence-electron chi connectivity index (χ0n) is 8.04. The number of halogens is 2. The van der Waals surface area contributed by atoms with Gasteiger partial charge in [0.2, 0.25) is 0 Å². The molecule has 0 aliphatic heterocycles. The van der Waals surface area contributed by atoms with E-state index in [0.717, 1.165) is 0 Å². The van der Waals surface area contributed by atoms with Crippen LogP contribution in [0.1, 0.15) is 12.5 Å². The first-order valence-corrected chi connectivity index (χ1v) is 4.70. The Bertz CT molecular complexity index is 366. The third kappa shape index (κ3) is 3.51. The minimum absolute atomic E-state index is 0.00733. The number of hydrogen-bond acceptors (Lipinski definition) is 3. The molecule has 15 heavy (non-hydrogen) atoms. The average molecular weight is 232 g/mol. The Morgan fingerprint density at radius 3 is 2.73 bits per heavy atom. The molecule has 0 heterocycles. The molecule has 0 aliphatic rings. The fraction of sp³-hybridized carbons (Fsp3) is 0.300. The van der Waals surface area contributed by atoms with Gasteiger partial charge in [-0.3, -0.25) is 4.79 Å². The molecule has 1 aromatic carbocycles. The summed E-state index contributed by atoms with van der Waals surface area (Å²) in [6.07, 6.45) is 0.166. The highest BCUT2D eigenvalue weighted by Crippen LogP contribution is 2.28. The predicted octanol–water partition coefficient (Wildman–Crippen LogP) is 2.71. The molecule has 0 fully saturated rings. The molecular formula is C10H10F2O2S. The van der Waals surface area contributed by atoms with E-state index >= 15 is 0 Å². The van der Waals surface area contributed by atoms with Gasteiger partial charge in [-0.2, -0.15) is 8.78 Å². The zero-order valence-corrected chi connectivity index (χ0v) is 8.93. The Kier molecular flexibility index (Phi) is 4.08. The molecule has 0 saturated heterocycles. The molecule has 2 nitrogen and oxygen atoms in total. The highest BCUT2D eigenvalue weighted by molar-refractivity contribution is 7.80. The quantitative estimate of drug-likeness (QED) is 0.808. The van der Waals surface area contributed by atoms with E-state index in [9.17, 15) is 13.6 Å². The largest absolute Gasteiger partial charge is 0.434 e. The average Bonchev–Trinajstić information content (AvgIpc) is 2.10. The zero-order chi connectivity index (χ0) is 11.4. The second-order valence-electron chi connectivity index (χ2n) is 3.02. The van der Waals surface area contributed by atoms with Crippen LogP contribution in [0.25, 0.3) is 0 Å². The van der Waals surface area contributed by atoms with Crippen LogP contribution in [0.5, 0.6) is 5.75 Å². The summed E-state index contributed by atoms with van der Waals surface area (Å²) in [6, 6.07) is 4.59. The number of ketones is 1. The van der Waals surface area contributed by atoms with Crippen LogP contribution in [0.3, 0.4) is 0 Å². The highest BCUT2D eigenvalue weighted by atomic mass is 32.1. The van der Waals surface area contributed by atoms with Crippen LogP contribution in [0.15, 0.2) is 23.1 Å². The Balaban J connectivity index is 2.95. The Hall–Kier alpha value is -1.10. The molecule has 0 amide bonds. The van der Waals surface area contributed by atoms with E-state index in [1.165, 1.54) is 13.0 Å². The summed E-state index contributed by atoms with van der Waals surface area (Å²) >= 11 is 4.05. The number of thiol groups is 1. The summed E-state index contributed by atoms with van der Waals surface area (Å²) in [5.41, 5.74) is 0.587. The van der Waals surface area contributed by atoms with Crippen molar-refractivity contribution in [2.45, 2.75) is 24.9 Å². The molecule has 0 saturated carbocycles. The lowest BCUT2D eigenvalue weighted by Gasteiger charge is -2.10. The summed E-state index contributed by atoms with van der Waals surface area (Å²) in [4.78, 5) is 11.2. The number of hydrogen-bond donors (Lipinski definition) is 1. The van der Waals surface area contributed by atoms with Crippen molar-refractivity contribution in [3.63, 3.8) is 0 Å². The fourth-order valence-electron chi connectivity index (χ4n) is 1.17. The standard InChI is InChI=1S/C10H10F2O2S/c1-6(13)5-7-3-2-4-8(9(7)15)14-10(11)12/h2-4,10,15H,5H2,1H3. The van der Waals surface area contributed by atoms with E-state index in [2.05, 4.69) is 17.4 Å². The molecule has 1 rings (SSSR count). The van der Waals surface area contributed by atoms with Crippen LogP contribution in [-0.4, -0.2) is 12.4 Å². The predicted molar refractivity (Wildman–Crippen MR) is 54.7 cm³/mol. The molecule has 82 valence electrons. The van der Waals surface area contributed by atoms with Gasteiger partial charge >= 0.3 is 6.61 Å². The minimum atomic E-state index is -2.89. The maximum absolute atomic E-state index is 12.0. The van der Waals surface area contributed by atoms with Crippen LogP contribution >= 0.6 is 12.6 Å². The van der Waals surface area contributed by atoms with Gasteiger partial charge in [0.1, 0.15) is 11.5 Å². The van der Waals surface area contributed by atoms with Gasteiger partial charge in [-0.25, -0.2) is 0 Å². The molecule has 0 aromatic heterocycles. The monoisotopic (exact) mass is 232 g/mol. The van der Waals surface area contributed by atoms with Gasteiger partial charge in [0, 0.05) is 6.42 Å². The fourth-order valence-corrected chi connectivity index (χ4v) is 1.45. The first-order chi connectivity index (χ1) is 7.00. The Labute approximate surface area is 91.7 Å². The van der Waals surface area contributed by atoms with Gasteiger partial charge in [-0.1, -0.05) is 12.1 Å². The van der Waals surface area contributed by atoms with Crippen molar-refractivity contribution in [3.8, 4) is 5.75 Å². The van der Waals surface area contributed by atoms with Crippen molar-refractivity contribution in [3.05, 3.63) is 23.8 Å². The highest BCUT2D eigenvalue weighted by Gasteiger charge is 2.11. The lowest BCUT2D eigenvalue weighted by molar-refractivity contribution is -0.116. The lowest BCUT2D eigenvalue weighted by atomic mass is 10.1. The van der Waals surface area contributed by atoms with Gasteiger partial charge < -0.3 is 4.74 Å². The molecule has 0 aliphatic carbocycles. The van der Waals surface area contributed by atoms with Crippen LogP contribution in [-0.2, 0) is 11.2 Å². The van der Waals surface area contributed by atoms with E-state index < -0.39 is 6.61 Å². The summed E-state index contributed by atoms with van der Waals surface area (Å²) in [6.45, 7) is -1.46. The summed E-state index contributed by atoms with van der Waals surface area (Å²) < 4.78 is 28.2. The molecule has 0 spiro atoms. The number of benzene rings is 1. The van der Waals surface area contributed by atoms with Gasteiger partial charge in [-0.15, -0.1) is 12.6 Å². The summed E-state index contributed by atoms with van der Waals surface area (Å²) in [5, 5.41) is 0. The van der Waals surface area contributed by atoms with Crippen molar-refractivity contribution in [2.75, 3.05) is 0 Å². The minimum Gasteiger partial charge on any atom is -0.434 e. The molecule has 0 bridgehead atoms. The van der Waals surface area contributed by atoms with E-state index in [4.69, 9.17) is 0 Å². The molecule has 0 N–H and O–H groups in total. The molecule has 0 radical (unpaired) electrons. The Morgan fingerprint density at radius 1 is 1.53 bits per heavy atom. The van der Waals surface area contributed by atoms with Crippen LogP contribution < -0.4 is 4.74 Å². The molecular weight excluding hydrogens is 222 g/mol. The van der Waals surface area contributed by atoms with Gasteiger partial charge in [0.15, 0.2) is 0 Å². The normalized spacial score (nSPS) is 10.5. The van der Waals surface area contributed by atoms with Crippen molar-refractivity contribution in [2.24, 2.45) is 0 Å². The van der Waals surface area contributed by atoms with E-state index in [0.29, 0.717) is 5.56 Å². The van der Waals surface area contributed by atoms with E-state index in [1.807, 2.05) is 0 Å². The van der Waals surface area contributed by atoms with Crippen molar-refractivity contribution >= 4 is 18.4 Å². The smallest absolute Gasteiger partial charge is 0.387 e. The summed E-state index contributed by atoms with van der Waals surface area (Å²) in [5.74, 6) is -0.0634. The maximum Gasteiger partial charge on any atom is 0.387 e. The molecule has 1 aromatic rings. The number of carbonyl (C=O) groups excluding carboxylic acids is 1. The Morgan fingerprint density at radius 2 is 2.20 bits per heavy atom. The van der Waals surface area contributed by atoms with Crippen molar-refractivity contribution in [1.29, 1.82) is 0 Å². The topological polar surface area (TPSA) is 26.3 Å². The number of ether oxygens (including phenoxy) is 1. The van der Waals surface area contributed by atoms with Crippen LogP contribution in [0.2, 0.25) is 0 Å². The van der Waals surface area contributed by atoms with E-state index in [1.54, 1.807) is 12.1 Å². The third-order valence-electron chi connectivity index (χ3n) is 1.74. The summed E-state index contributed by atoms with van der Waals surface area (Å²) in [7, 11) is 0. The lowest BCUT2D eigenvalue weighted by Crippen LogP contribution is -2.04. The molecule has 0 atom stereocenters. The number of rotatable bonds is 4. The molecule has 0 unspecified atom stereocenters. The number of carbonyl (C=O) groups is 1. The first-order valence-electron chi connectivity index (χ1n) is 4.26. The maximum atomic E-state index is 12.0. The van der Waals surface area contributed by atoms with Gasteiger partial charge in [0.05, 0.1) is 4.90 Å². The third-order valence-corrected chi connectivity index (χ3v) is 2.25. The van der Waals surface area contributed by atoms with Crippen molar-refractivity contribution in [1.82, 2.24) is 0 Å². The second kappa shape index (κ2) is 5.11. The molecule has 5 heteroatoms. The van der Waals surface area contributed by atoms with Crippen molar-refractivity contribution < 1.29 is 18.3 Å². The van der Waals surface area contributed by atoms with Crippen LogP contribution in [0, 0.1) is 0 Å². The van der Waals surface area contributed by atoms with Crippen LogP contribution in [0.4, 0.5) is 8.78 Å². The SMILES string of the molecule is CC(=O)Cc1cccc(OC(F)F)c1S. The van der Waals surface area contributed by atoms with Gasteiger partial charge in [0.25, 0.3) is 0 Å². The number of Topliss-reactive ketones (excluding diaryl/α,β-unsaturated/α-hetero) is 1. The van der Waals surface area contributed by atoms with Gasteiger partial charge in [-0.05, 0) is 18.6 Å². The number of alkyl halides is 2. The van der Waals surface area contributed by atoms with E-state index in [-0.39, 0.29) is 22.8 Å².